The Morgan fingerprint density at radius 2 is 1.96 bits per heavy atom. The molecule has 148 valence electrons. The number of carbonyl (C=O) groups excluding carboxylic acids is 1. The van der Waals surface area contributed by atoms with Crippen molar-refractivity contribution in [3.63, 3.8) is 0 Å². The Hall–Kier alpha value is -2.90. The number of fused-ring (bicyclic) bond motifs is 1. The van der Waals surface area contributed by atoms with E-state index in [0.717, 1.165) is 12.1 Å². The van der Waals surface area contributed by atoms with E-state index in [-0.39, 0.29) is 11.6 Å². The van der Waals surface area contributed by atoms with Crippen molar-refractivity contribution in [3.8, 4) is 0 Å². The monoisotopic (exact) mass is 391 g/mol. The van der Waals surface area contributed by atoms with Gasteiger partial charge in [-0.15, -0.1) is 0 Å². The van der Waals surface area contributed by atoms with Crippen LogP contribution >= 0.6 is 0 Å². The van der Waals surface area contributed by atoms with Gasteiger partial charge in [0.15, 0.2) is 0 Å². The lowest BCUT2D eigenvalue weighted by Gasteiger charge is -2.29. The fourth-order valence-corrected chi connectivity index (χ4v) is 3.29. The number of alkyl halides is 3. The van der Waals surface area contributed by atoms with Gasteiger partial charge in [-0.1, -0.05) is 17.3 Å². The highest BCUT2D eigenvalue weighted by Gasteiger charge is 2.32. The summed E-state index contributed by atoms with van der Waals surface area (Å²) in [5.41, 5.74) is 1.44. The van der Waals surface area contributed by atoms with Crippen LogP contribution < -0.4 is 0 Å². The van der Waals surface area contributed by atoms with Crippen molar-refractivity contribution in [2.24, 2.45) is 0 Å². The number of hydrogen-bond acceptors (Lipinski definition) is 4. The molecular formula is C20H20F3N3O2. The number of hydrogen-bond donors (Lipinski definition) is 0. The predicted octanol–water partition coefficient (Wildman–Crippen LogP) is 5.08. The molecule has 0 radical (unpaired) electrons. The SMILES string of the molecule is CCN(C(=O)c1cc(C)nc2onc(C)c12)C(C)c1cccc(C(F)(F)F)c1. The van der Waals surface area contributed by atoms with E-state index >= 15 is 0 Å². The lowest BCUT2D eigenvalue weighted by molar-refractivity contribution is -0.137. The lowest BCUT2D eigenvalue weighted by atomic mass is 10.0. The van der Waals surface area contributed by atoms with Gasteiger partial charge in [0.1, 0.15) is 0 Å². The lowest BCUT2D eigenvalue weighted by Crippen LogP contribution is -2.33. The van der Waals surface area contributed by atoms with Crippen LogP contribution in [0.25, 0.3) is 11.1 Å². The maximum atomic E-state index is 13.3. The summed E-state index contributed by atoms with van der Waals surface area (Å²) in [5.74, 6) is -0.311. The molecule has 0 spiro atoms. The van der Waals surface area contributed by atoms with Crippen LogP contribution in [-0.2, 0) is 6.18 Å². The minimum absolute atomic E-state index is 0.267. The van der Waals surface area contributed by atoms with Gasteiger partial charge in [-0.25, -0.2) is 4.98 Å². The van der Waals surface area contributed by atoms with E-state index < -0.39 is 17.8 Å². The molecule has 0 aliphatic heterocycles. The molecule has 0 aliphatic rings. The Morgan fingerprint density at radius 3 is 2.61 bits per heavy atom. The van der Waals surface area contributed by atoms with Crippen LogP contribution in [-0.4, -0.2) is 27.5 Å². The quantitative estimate of drug-likeness (QED) is 0.622. The zero-order chi connectivity index (χ0) is 20.6. The topological polar surface area (TPSA) is 59.2 Å². The van der Waals surface area contributed by atoms with E-state index in [1.165, 1.54) is 11.0 Å². The number of aryl methyl sites for hydroxylation is 2. The van der Waals surface area contributed by atoms with Gasteiger partial charge in [0.2, 0.25) is 0 Å². The van der Waals surface area contributed by atoms with E-state index in [0.29, 0.717) is 34.4 Å². The Bertz CT molecular complexity index is 1030. The highest BCUT2D eigenvalue weighted by Crippen LogP contribution is 2.33. The molecule has 1 atom stereocenters. The van der Waals surface area contributed by atoms with Crippen LogP contribution in [0.1, 0.15) is 52.8 Å². The first kappa shape index (κ1) is 19.9. The first-order valence-electron chi connectivity index (χ1n) is 8.85. The summed E-state index contributed by atoms with van der Waals surface area (Å²) < 4.78 is 44.4. The summed E-state index contributed by atoms with van der Waals surface area (Å²) in [6, 6.07) is 6.14. The van der Waals surface area contributed by atoms with Crippen molar-refractivity contribution >= 4 is 17.0 Å². The van der Waals surface area contributed by atoms with Gasteiger partial charge >= 0.3 is 6.18 Å². The van der Waals surface area contributed by atoms with Gasteiger partial charge in [0, 0.05) is 12.2 Å². The average Bonchev–Trinajstić information content (AvgIpc) is 3.01. The number of amides is 1. The van der Waals surface area contributed by atoms with Crippen molar-refractivity contribution in [1.82, 2.24) is 15.0 Å². The molecule has 8 heteroatoms. The van der Waals surface area contributed by atoms with Crippen LogP contribution in [0.2, 0.25) is 0 Å². The van der Waals surface area contributed by atoms with Gasteiger partial charge in [-0.2, -0.15) is 13.2 Å². The number of pyridine rings is 1. The van der Waals surface area contributed by atoms with Crippen molar-refractivity contribution in [1.29, 1.82) is 0 Å². The minimum atomic E-state index is -4.44. The molecule has 0 N–H and O–H groups in total. The molecule has 1 unspecified atom stereocenters. The molecule has 0 fully saturated rings. The molecule has 0 bridgehead atoms. The standard InChI is InChI=1S/C20H20F3N3O2/c1-5-26(13(4)14-7-6-8-15(10-14)20(21,22)23)19(27)16-9-11(2)24-18-17(16)12(3)25-28-18/h6-10,13H,5H2,1-4H3. The summed E-state index contributed by atoms with van der Waals surface area (Å²) in [7, 11) is 0. The molecule has 0 aliphatic carbocycles. The molecule has 2 heterocycles. The second-order valence-corrected chi connectivity index (χ2v) is 6.65. The molecule has 5 nitrogen and oxygen atoms in total. The number of carbonyl (C=O) groups is 1. The Morgan fingerprint density at radius 1 is 1.25 bits per heavy atom. The smallest absolute Gasteiger partial charge is 0.336 e. The largest absolute Gasteiger partial charge is 0.416 e. The summed E-state index contributed by atoms with van der Waals surface area (Å²) in [6.07, 6.45) is -4.44. The number of aromatic nitrogens is 2. The number of nitrogens with zero attached hydrogens (tertiary/aromatic N) is 3. The maximum Gasteiger partial charge on any atom is 0.416 e. The van der Waals surface area contributed by atoms with Crippen LogP contribution in [0.5, 0.6) is 0 Å². The second kappa shape index (κ2) is 7.26. The van der Waals surface area contributed by atoms with E-state index in [1.54, 1.807) is 39.8 Å². The Kier molecular flexibility index (Phi) is 5.14. The Labute approximate surface area is 160 Å². The molecule has 3 aromatic rings. The fourth-order valence-electron chi connectivity index (χ4n) is 3.29. The number of rotatable bonds is 4. The van der Waals surface area contributed by atoms with E-state index in [9.17, 15) is 18.0 Å². The summed E-state index contributed by atoms with van der Waals surface area (Å²) in [4.78, 5) is 19.1. The van der Waals surface area contributed by atoms with Gasteiger partial charge < -0.3 is 9.42 Å². The highest BCUT2D eigenvalue weighted by atomic mass is 19.4. The van der Waals surface area contributed by atoms with E-state index in [4.69, 9.17) is 4.52 Å². The summed E-state index contributed by atoms with van der Waals surface area (Å²) >= 11 is 0. The van der Waals surface area contributed by atoms with Crippen molar-refractivity contribution in [3.05, 3.63) is 58.4 Å². The van der Waals surface area contributed by atoms with Crippen molar-refractivity contribution < 1.29 is 22.5 Å². The normalized spacial score (nSPS) is 13.0. The van der Waals surface area contributed by atoms with Crippen LogP contribution in [0.15, 0.2) is 34.9 Å². The number of benzene rings is 1. The Balaban J connectivity index is 2.02. The molecule has 1 amide bonds. The molecule has 1 aromatic carbocycles. The fraction of sp³-hybridized carbons (Fsp3) is 0.350. The van der Waals surface area contributed by atoms with Crippen LogP contribution in [0.3, 0.4) is 0 Å². The first-order valence-corrected chi connectivity index (χ1v) is 8.85. The summed E-state index contributed by atoms with van der Waals surface area (Å²) in [6.45, 7) is 7.27. The second-order valence-electron chi connectivity index (χ2n) is 6.65. The molecule has 3 rings (SSSR count). The third-order valence-electron chi connectivity index (χ3n) is 4.74. The van der Waals surface area contributed by atoms with Gasteiger partial charge in [-0.05, 0) is 51.5 Å². The summed E-state index contributed by atoms with van der Waals surface area (Å²) in [5, 5.41) is 4.39. The van der Waals surface area contributed by atoms with Crippen molar-refractivity contribution in [2.45, 2.75) is 39.9 Å². The zero-order valence-corrected chi connectivity index (χ0v) is 16.0. The first-order chi connectivity index (χ1) is 13.1. The van der Waals surface area contributed by atoms with Gasteiger partial charge in [0.05, 0.1) is 28.2 Å². The zero-order valence-electron chi connectivity index (χ0n) is 16.0. The van der Waals surface area contributed by atoms with Gasteiger partial charge in [0.25, 0.3) is 11.6 Å². The van der Waals surface area contributed by atoms with Gasteiger partial charge in [-0.3, -0.25) is 4.79 Å². The minimum Gasteiger partial charge on any atom is -0.336 e. The highest BCUT2D eigenvalue weighted by molar-refractivity contribution is 6.06. The van der Waals surface area contributed by atoms with Crippen LogP contribution in [0.4, 0.5) is 13.2 Å². The molecule has 2 aromatic heterocycles. The molecule has 0 saturated carbocycles. The van der Waals surface area contributed by atoms with E-state index in [1.807, 2.05) is 0 Å². The third kappa shape index (κ3) is 3.58. The third-order valence-corrected chi connectivity index (χ3v) is 4.74. The predicted molar refractivity (Wildman–Crippen MR) is 97.8 cm³/mol. The molecule has 28 heavy (non-hydrogen) atoms. The molecular weight excluding hydrogens is 371 g/mol. The van der Waals surface area contributed by atoms with E-state index in [2.05, 4.69) is 10.1 Å². The molecule has 0 saturated heterocycles. The van der Waals surface area contributed by atoms with Crippen molar-refractivity contribution in [2.75, 3.05) is 6.54 Å². The van der Waals surface area contributed by atoms with Crippen LogP contribution in [0, 0.1) is 13.8 Å². The maximum absolute atomic E-state index is 13.3. The number of halogens is 3. The average molecular weight is 391 g/mol.